The van der Waals surface area contributed by atoms with Gasteiger partial charge >= 0.3 is 12.4 Å². The Morgan fingerprint density at radius 3 is 2.29 bits per heavy atom. The van der Waals surface area contributed by atoms with Gasteiger partial charge in [-0.05, 0) is 66.9 Å². The van der Waals surface area contributed by atoms with Crippen LogP contribution in [0.1, 0.15) is 13.3 Å². The number of nitrogens with one attached hydrogen (secondary N) is 1. The molecule has 1 saturated heterocycles. The average molecular weight is 567 g/mol. The number of amides is 3. The molecule has 2 aliphatic rings. The molecule has 1 N–H and O–H groups in total. The Labute approximate surface area is 219 Å². The minimum Gasteiger partial charge on any atom is -0.406 e. The fraction of sp³-hybridized carbons (Fsp3) is 0.208. The Morgan fingerprint density at radius 2 is 1.71 bits per heavy atom. The number of pyridine rings is 1. The number of urea groups is 1. The fourth-order valence-corrected chi connectivity index (χ4v) is 5.67. The summed E-state index contributed by atoms with van der Waals surface area (Å²) in [5.41, 5.74) is -1.20. The van der Waals surface area contributed by atoms with Gasteiger partial charge in [-0.15, -0.1) is 13.2 Å². The number of anilines is 3. The molecule has 0 radical (unpaired) electrons. The highest BCUT2D eigenvalue weighted by Gasteiger charge is 2.71. The highest BCUT2D eigenvalue weighted by atomic mass is 35.5. The molecule has 0 bridgehead atoms. The zero-order valence-corrected chi connectivity index (χ0v) is 21.0. The number of rotatable bonds is 6. The van der Waals surface area contributed by atoms with E-state index in [-0.39, 0.29) is 27.9 Å². The second kappa shape index (κ2) is 8.88. The maximum atomic E-state index is 13.7. The predicted molar refractivity (Wildman–Crippen MR) is 131 cm³/mol. The summed E-state index contributed by atoms with van der Waals surface area (Å²) in [6.07, 6.45) is -2.04. The Hall–Kier alpha value is -3.84. The topological polar surface area (TPSA) is 109 Å². The van der Waals surface area contributed by atoms with Crippen molar-refractivity contribution in [2.75, 3.05) is 14.5 Å². The van der Waals surface area contributed by atoms with Gasteiger partial charge in [0, 0.05) is 11.2 Å². The van der Waals surface area contributed by atoms with Gasteiger partial charge in [0.2, 0.25) is 0 Å². The molecule has 14 heteroatoms. The molecule has 198 valence electrons. The van der Waals surface area contributed by atoms with Gasteiger partial charge in [0.15, 0.2) is 0 Å². The van der Waals surface area contributed by atoms with Gasteiger partial charge in [-0.1, -0.05) is 18.5 Å². The van der Waals surface area contributed by atoms with Crippen LogP contribution < -0.4 is 19.3 Å². The molecule has 3 amide bonds. The number of nitrogens with zero attached hydrogens (tertiary/aromatic N) is 3. The van der Waals surface area contributed by atoms with Gasteiger partial charge in [0.25, 0.3) is 15.9 Å². The van der Waals surface area contributed by atoms with Crippen LogP contribution in [0, 0.1) is 5.92 Å². The number of ether oxygens (including phenoxy) is 1. The number of hydrogen-bond donors (Lipinski definition) is 1. The Kier molecular flexibility index (Phi) is 6.03. The first-order valence-electron chi connectivity index (χ1n) is 11.1. The molecule has 2 fully saturated rings. The van der Waals surface area contributed by atoms with Crippen LogP contribution in [0.3, 0.4) is 0 Å². The number of benzene rings is 2. The van der Waals surface area contributed by atoms with Crippen LogP contribution in [-0.2, 0) is 14.8 Å². The van der Waals surface area contributed by atoms with Gasteiger partial charge in [0.1, 0.15) is 11.3 Å². The lowest BCUT2D eigenvalue weighted by atomic mass is 10.1. The lowest BCUT2D eigenvalue weighted by molar-refractivity contribution is -0.274. The lowest BCUT2D eigenvalue weighted by Crippen LogP contribution is -2.39. The third-order valence-electron chi connectivity index (χ3n) is 6.36. The first kappa shape index (κ1) is 25.8. The van der Waals surface area contributed by atoms with Crippen LogP contribution in [0.15, 0.2) is 71.9 Å². The van der Waals surface area contributed by atoms with E-state index >= 15 is 0 Å². The van der Waals surface area contributed by atoms with Crippen LogP contribution in [0.5, 0.6) is 5.75 Å². The molecule has 1 aliphatic heterocycles. The van der Waals surface area contributed by atoms with E-state index in [9.17, 15) is 31.2 Å². The van der Waals surface area contributed by atoms with E-state index in [0.717, 1.165) is 29.2 Å². The number of carbonyl (C=O) groups is 2. The van der Waals surface area contributed by atoms with Crippen molar-refractivity contribution in [2.45, 2.75) is 30.1 Å². The summed E-state index contributed by atoms with van der Waals surface area (Å²) in [5.74, 6) is -1.37. The van der Waals surface area contributed by atoms with Crippen molar-refractivity contribution in [3.63, 3.8) is 0 Å². The number of halogens is 4. The summed E-state index contributed by atoms with van der Waals surface area (Å²) >= 11 is 5.85. The van der Waals surface area contributed by atoms with Crippen molar-refractivity contribution in [3.8, 4) is 5.75 Å². The molecule has 1 aliphatic carbocycles. The quantitative estimate of drug-likeness (QED) is 0.412. The largest absolute Gasteiger partial charge is 0.573 e. The average Bonchev–Trinajstić information content (AvgIpc) is 3.46. The highest BCUT2D eigenvalue weighted by molar-refractivity contribution is 7.92. The molecule has 1 spiro atoms. The molecule has 5 rings (SSSR count). The SMILES string of the molecule is CC1CC12C(=O)N(c1ccc(OC(F)(F)F)cc1)C(=O)N2c1ccncc1NS(=O)(=O)c1ccc(Cl)cc1. The number of alkyl halides is 3. The molecular formula is C24H18ClF3N4O5S. The molecule has 38 heavy (non-hydrogen) atoms. The maximum Gasteiger partial charge on any atom is 0.573 e. The zero-order valence-electron chi connectivity index (χ0n) is 19.4. The second-order valence-corrected chi connectivity index (χ2v) is 10.9. The predicted octanol–water partition coefficient (Wildman–Crippen LogP) is 5.19. The second-order valence-electron chi connectivity index (χ2n) is 8.78. The number of sulfonamides is 1. The van der Waals surface area contributed by atoms with Crippen molar-refractivity contribution in [1.29, 1.82) is 0 Å². The minimum atomic E-state index is -4.90. The molecule has 3 aromatic rings. The van der Waals surface area contributed by atoms with Crippen LogP contribution >= 0.6 is 11.6 Å². The van der Waals surface area contributed by atoms with Crippen molar-refractivity contribution in [3.05, 3.63) is 72.0 Å². The van der Waals surface area contributed by atoms with Gasteiger partial charge in [-0.2, -0.15) is 0 Å². The minimum absolute atomic E-state index is 0.0350. The van der Waals surface area contributed by atoms with Crippen LogP contribution in [0.4, 0.5) is 35.0 Å². The standard InChI is InChI=1S/C24H18ClF3N4O5S/c1-14-12-23(14)21(33)31(16-4-6-17(7-5-16)37-24(26,27)28)22(34)32(23)20-10-11-29-13-19(20)30-38(35,36)18-8-2-15(25)3-9-18/h2-11,13-14,30H,12H2,1H3. The molecule has 9 nitrogen and oxygen atoms in total. The number of imide groups is 1. The smallest absolute Gasteiger partial charge is 0.406 e. The Morgan fingerprint density at radius 1 is 1.08 bits per heavy atom. The molecule has 2 unspecified atom stereocenters. The van der Waals surface area contributed by atoms with Crippen molar-refractivity contribution >= 4 is 50.6 Å². The Bertz CT molecular complexity index is 1530. The maximum absolute atomic E-state index is 13.7. The van der Waals surface area contributed by atoms with Crippen molar-refractivity contribution in [1.82, 2.24) is 4.98 Å². The van der Waals surface area contributed by atoms with Crippen LogP contribution in [-0.4, -0.2) is 37.2 Å². The highest BCUT2D eigenvalue weighted by Crippen LogP contribution is 2.56. The van der Waals surface area contributed by atoms with E-state index in [0.29, 0.717) is 11.4 Å². The summed E-state index contributed by atoms with van der Waals surface area (Å²) in [7, 11) is -4.12. The van der Waals surface area contributed by atoms with Crippen molar-refractivity contribution in [2.24, 2.45) is 5.92 Å². The van der Waals surface area contributed by atoms with Crippen LogP contribution in [0.2, 0.25) is 5.02 Å². The summed E-state index contributed by atoms with van der Waals surface area (Å²) in [5, 5.41) is 0.343. The molecule has 1 saturated carbocycles. The van der Waals surface area contributed by atoms with E-state index in [4.69, 9.17) is 11.6 Å². The van der Waals surface area contributed by atoms with E-state index in [2.05, 4.69) is 14.4 Å². The number of hydrogen-bond acceptors (Lipinski definition) is 6. The first-order valence-corrected chi connectivity index (χ1v) is 13.0. The van der Waals surface area contributed by atoms with E-state index in [1.165, 1.54) is 47.6 Å². The first-order chi connectivity index (χ1) is 17.8. The van der Waals surface area contributed by atoms with Gasteiger partial charge in [-0.3, -0.25) is 19.4 Å². The summed E-state index contributed by atoms with van der Waals surface area (Å²) in [4.78, 5) is 33.2. The molecule has 2 aromatic carbocycles. The summed E-state index contributed by atoms with van der Waals surface area (Å²) < 4.78 is 69.9. The molecular weight excluding hydrogens is 549 g/mol. The Balaban J connectivity index is 1.51. The summed E-state index contributed by atoms with van der Waals surface area (Å²) in [6.45, 7) is 1.76. The third-order valence-corrected chi connectivity index (χ3v) is 8.00. The number of aromatic nitrogens is 1. The van der Waals surface area contributed by atoms with Gasteiger partial charge in [0.05, 0.1) is 28.2 Å². The van der Waals surface area contributed by atoms with E-state index < -0.39 is 39.6 Å². The summed E-state index contributed by atoms with van der Waals surface area (Å²) in [6, 6.07) is 10.4. The molecule has 2 heterocycles. The van der Waals surface area contributed by atoms with E-state index in [1.807, 2.05) is 0 Å². The number of carbonyl (C=O) groups excluding carboxylic acids is 2. The third kappa shape index (κ3) is 4.41. The zero-order chi connectivity index (χ0) is 27.5. The van der Waals surface area contributed by atoms with Crippen LogP contribution in [0.25, 0.3) is 0 Å². The normalized spacial score (nSPS) is 21.2. The molecule has 2 atom stereocenters. The van der Waals surface area contributed by atoms with Gasteiger partial charge < -0.3 is 4.74 Å². The van der Waals surface area contributed by atoms with Crippen molar-refractivity contribution < 1.29 is 35.9 Å². The monoisotopic (exact) mass is 566 g/mol. The van der Waals surface area contributed by atoms with Gasteiger partial charge in [-0.25, -0.2) is 18.1 Å². The van der Waals surface area contributed by atoms with E-state index in [1.54, 1.807) is 6.92 Å². The molecule has 1 aromatic heterocycles. The fourth-order valence-electron chi connectivity index (χ4n) is 4.49. The lowest BCUT2D eigenvalue weighted by Gasteiger charge is -2.25.